The lowest BCUT2D eigenvalue weighted by molar-refractivity contribution is -0.139. The van der Waals surface area contributed by atoms with E-state index in [2.05, 4.69) is 19.2 Å². The summed E-state index contributed by atoms with van der Waals surface area (Å²) in [6, 6.07) is 25.0. The van der Waals surface area contributed by atoms with Crippen LogP contribution in [-0.4, -0.2) is 35.1 Å². The number of hydrogen-bond acceptors (Lipinski definition) is 3. The number of rotatable bonds is 12. The molecule has 2 amide bonds. The van der Waals surface area contributed by atoms with Gasteiger partial charge in [0.05, 0.1) is 5.75 Å². The Balaban J connectivity index is 1.85. The number of nitrogens with one attached hydrogen (secondary N) is 1. The molecule has 4 nitrogen and oxygen atoms in total. The molecule has 0 spiro atoms. The highest BCUT2D eigenvalue weighted by atomic mass is 35.5. The van der Waals surface area contributed by atoms with Gasteiger partial charge in [0.2, 0.25) is 11.8 Å². The van der Waals surface area contributed by atoms with Gasteiger partial charge in [-0.1, -0.05) is 92.2 Å². The Kier molecular flexibility index (Phi) is 10.9. The van der Waals surface area contributed by atoms with E-state index in [0.717, 1.165) is 22.3 Å². The highest BCUT2D eigenvalue weighted by Crippen LogP contribution is 2.21. The van der Waals surface area contributed by atoms with Crippen LogP contribution < -0.4 is 5.32 Å². The number of halogens is 1. The normalized spacial score (nSPS) is 11.8. The van der Waals surface area contributed by atoms with Crippen LogP contribution in [0.1, 0.15) is 36.1 Å². The second kappa shape index (κ2) is 14.1. The van der Waals surface area contributed by atoms with E-state index in [0.29, 0.717) is 36.2 Å². The maximum atomic E-state index is 13.7. The number of carbonyl (C=O) groups is 2. The molecule has 3 aromatic rings. The Morgan fingerprint density at radius 2 is 1.64 bits per heavy atom. The number of aryl methyl sites for hydroxylation is 1. The summed E-state index contributed by atoms with van der Waals surface area (Å²) >= 11 is 7.66. The summed E-state index contributed by atoms with van der Waals surface area (Å²) in [5.41, 5.74) is 4.24. The lowest BCUT2D eigenvalue weighted by Gasteiger charge is -2.32. The molecule has 0 aliphatic heterocycles. The molecule has 1 N–H and O–H groups in total. The Hall–Kier alpha value is -2.76. The van der Waals surface area contributed by atoms with Crippen molar-refractivity contribution < 1.29 is 9.59 Å². The Bertz CT molecular complexity index is 1140. The van der Waals surface area contributed by atoms with Crippen LogP contribution >= 0.6 is 23.4 Å². The summed E-state index contributed by atoms with van der Waals surface area (Å²) in [5, 5.41) is 3.76. The molecule has 36 heavy (non-hydrogen) atoms. The second-order valence-electron chi connectivity index (χ2n) is 9.42. The molecule has 3 aromatic carbocycles. The topological polar surface area (TPSA) is 49.4 Å². The molecular weight excluding hydrogens is 488 g/mol. The highest BCUT2D eigenvalue weighted by Gasteiger charge is 2.30. The van der Waals surface area contributed by atoms with Gasteiger partial charge in [-0.25, -0.2) is 0 Å². The van der Waals surface area contributed by atoms with E-state index >= 15 is 0 Å². The summed E-state index contributed by atoms with van der Waals surface area (Å²) in [6.45, 7) is 7.12. The zero-order chi connectivity index (χ0) is 25.9. The van der Waals surface area contributed by atoms with Crippen molar-refractivity contribution in [2.24, 2.45) is 5.92 Å². The number of benzene rings is 3. The smallest absolute Gasteiger partial charge is 0.243 e. The van der Waals surface area contributed by atoms with Crippen LogP contribution in [0, 0.1) is 12.8 Å². The third-order valence-corrected chi connectivity index (χ3v) is 7.16. The third-order valence-electron chi connectivity index (χ3n) is 5.94. The fourth-order valence-corrected chi connectivity index (χ4v) is 4.98. The lowest BCUT2D eigenvalue weighted by atomic mass is 10.0. The fourth-order valence-electron chi connectivity index (χ4n) is 3.91. The van der Waals surface area contributed by atoms with Gasteiger partial charge in [-0.2, -0.15) is 0 Å². The van der Waals surface area contributed by atoms with Crippen molar-refractivity contribution in [3.05, 3.63) is 106 Å². The molecule has 0 aliphatic rings. The largest absolute Gasteiger partial charge is 0.354 e. The molecule has 190 valence electrons. The van der Waals surface area contributed by atoms with Crippen LogP contribution in [0.3, 0.4) is 0 Å². The molecule has 0 saturated heterocycles. The average Bonchev–Trinajstić information content (AvgIpc) is 2.86. The molecule has 0 heterocycles. The predicted molar refractivity (Wildman–Crippen MR) is 151 cm³/mol. The van der Waals surface area contributed by atoms with E-state index in [4.69, 9.17) is 11.6 Å². The SMILES string of the molecule is Cc1ccccc1CN(C(=O)CSCc1cccc(Cl)c1)C(Cc1ccccc1)C(=O)NCC(C)C. The monoisotopic (exact) mass is 522 g/mol. The first kappa shape index (κ1) is 27.8. The summed E-state index contributed by atoms with van der Waals surface area (Å²) in [4.78, 5) is 28.9. The highest BCUT2D eigenvalue weighted by molar-refractivity contribution is 7.99. The Morgan fingerprint density at radius 3 is 2.33 bits per heavy atom. The number of hydrogen-bond donors (Lipinski definition) is 1. The van der Waals surface area contributed by atoms with Gasteiger partial charge in [0.1, 0.15) is 6.04 Å². The van der Waals surface area contributed by atoms with E-state index in [1.54, 1.807) is 4.90 Å². The van der Waals surface area contributed by atoms with E-state index in [1.165, 1.54) is 11.8 Å². The van der Waals surface area contributed by atoms with E-state index in [9.17, 15) is 9.59 Å². The van der Waals surface area contributed by atoms with Crippen LogP contribution in [-0.2, 0) is 28.3 Å². The summed E-state index contributed by atoms with van der Waals surface area (Å²) < 4.78 is 0. The minimum atomic E-state index is -0.606. The zero-order valence-electron chi connectivity index (χ0n) is 21.2. The van der Waals surface area contributed by atoms with Gasteiger partial charge >= 0.3 is 0 Å². The molecule has 1 unspecified atom stereocenters. The van der Waals surface area contributed by atoms with Crippen LogP contribution in [0.15, 0.2) is 78.9 Å². The predicted octanol–water partition coefficient (Wildman–Crippen LogP) is 6.29. The average molecular weight is 523 g/mol. The molecule has 0 aromatic heterocycles. The van der Waals surface area contributed by atoms with E-state index in [1.807, 2.05) is 85.8 Å². The van der Waals surface area contributed by atoms with Crippen molar-refractivity contribution >= 4 is 35.2 Å². The number of amides is 2. The van der Waals surface area contributed by atoms with Crippen molar-refractivity contribution in [3.63, 3.8) is 0 Å². The molecular formula is C30H35ClN2O2S. The van der Waals surface area contributed by atoms with Crippen LogP contribution in [0.2, 0.25) is 5.02 Å². The number of nitrogens with zero attached hydrogens (tertiary/aromatic N) is 1. The van der Waals surface area contributed by atoms with Crippen molar-refractivity contribution in [3.8, 4) is 0 Å². The van der Waals surface area contributed by atoms with Gasteiger partial charge in [-0.3, -0.25) is 9.59 Å². The molecule has 3 rings (SSSR count). The van der Waals surface area contributed by atoms with Crippen molar-refractivity contribution in [1.82, 2.24) is 10.2 Å². The second-order valence-corrected chi connectivity index (χ2v) is 10.8. The molecule has 0 radical (unpaired) electrons. The Morgan fingerprint density at radius 1 is 0.944 bits per heavy atom. The van der Waals surface area contributed by atoms with Crippen LogP contribution in [0.5, 0.6) is 0 Å². The van der Waals surface area contributed by atoms with Gasteiger partial charge in [0, 0.05) is 30.3 Å². The van der Waals surface area contributed by atoms with Crippen molar-refractivity contribution in [1.29, 1.82) is 0 Å². The zero-order valence-corrected chi connectivity index (χ0v) is 22.8. The first-order valence-corrected chi connectivity index (χ1v) is 13.8. The maximum Gasteiger partial charge on any atom is 0.243 e. The van der Waals surface area contributed by atoms with Gasteiger partial charge in [0.25, 0.3) is 0 Å². The van der Waals surface area contributed by atoms with Gasteiger partial charge in [0.15, 0.2) is 0 Å². The molecule has 0 aliphatic carbocycles. The summed E-state index contributed by atoms with van der Waals surface area (Å²) in [6.07, 6.45) is 0.460. The fraction of sp³-hybridized carbons (Fsp3) is 0.333. The summed E-state index contributed by atoms with van der Waals surface area (Å²) in [7, 11) is 0. The first-order valence-electron chi connectivity index (χ1n) is 12.3. The number of carbonyl (C=O) groups excluding carboxylic acids is 2. The van der Waals surface area contributed by atoms with Crippen molar-refractivity contribution in [2.45, 2.75) is 45.5 Å². The van der Waals surface area contributed by atoms with Crippen LogP contribution in [0.4, 0.5) is 0 Å². The first-order chi connectivity index (χ1) is 17.3. The maximum absolute atomic E-state index is 13.7. The molecule has 0 saturated carbocycles. The van der Waals surface area contributed by atoms with E-state index in [-0.39, 0.29) is 17.6 Å². The quantitative estimate of drug-likeness (QED) is 0.304. The van der Waals surface area contributed by atoms with Gasteiger partial charge in [-0.05, 0) is 47.2 Å². The lowest BCUT2D eigenvalue weighted by Crippen LogP contribution is -2.51. The number of thioether (sulfide) groups is 1. The molecule has 0 fully saturated rings. The van der Waals surface area contributed by atoms with Crippen molar-refractivity contribution in [2.75, 3.05) is 12.3 Å². The third kappa shape index (κ3) is 8.72. The standard InChI is InChI=1S/C30H35ClN2O2S/c1-22(2)18-32-30(35)28(17-24-11-5-4-6-12-24)33(19-26-14-8-7-10-23(26)3)29(34)21-36-20-25-13-9-15-27(31)16-25/h4-16,22,28H,17-21H2,1-3H3,(H,32,35). The molecule has 1 atom stereocenters. The molecule has 0 bridgehead atoms. The minimum Gasteiger partial charge on any atom is -0.354 e. The van der Waals surface area contributed by atoms with Gasteiger partial charge in [-0.15, -0.1) is 11.8 Å². The summed E-state index contributed by atoms with van der Waals surface area (Å²) in [5.74, 6) is 1.11. The minimum absolute atomic E-state index is 0.0501. The van der Waals surface area contributed by atoms with E-state index < -0.39 is 6.04 Å². The van der Waals surface area contributed by atoms with Crippen LogP contribution in [0.25, 0.3) is 0 Å². The Labute approximate surface area is 224 Å². The molecule has 6 heteroatoms. The van der Waals surface area contributed by atoms with Gasteiger partial charge < -0.3 is 10.2 Å².